The van der Waals surface area contributed by atoms with E-state index in [0.717, 1.165) is 24.3 Å². The molecule has 1 heterocycles. The van der Waals surface area contributed by atoms with Gasteiger partial charge in [0.25, 0.3) is 0 Å². The second-order valence-corrected chi connectivity index (χ2v) is 7.69. The predicted octanol–water partition coefficient (Wildman–Crippen LogP) is 1.84. The van der Waals surface area contributed by atoms with Gasteiger partial charge in [-0.15, -0.1) is 13.2 Å². The van der Waals surface area contributed by atoms with E-state index in [2.05, 4.69) is 4.74 Å². The van der Waals surface area contributed by atoms with Gasteiger partial charge >= 0.3 is 6.36 Å². The molecule has 2 rings (SSSR count). The lowest BCUT2D eigenvalue weighted by Gasteiger charge is -2.34. The van der Waals surface area contributed by atoms with Gasteiger partial charge in [-0.25, -0.2) is 8.42 Å². The van der Waals surface area contributed by atoms with E-state index in [1.807, 2.05) is 6.92 Å². The molecule has 1 amide bonds. The summed E-state index contributed by atoms with van der Waals surface area (Å²) in [5, 5.41) is 0. The van der Waals surface area contributed by atoms with Crippen molar-refractivity contribution in [3.05, 3.63) is 24.3 Å². The van der Waals surface area contributed by atoms with E-state index in [1.165, 1.54) is 4.31 Å². The van der Waals surface area contributed by atoms with Crippen molar-refractivity contribution < 1.29 is 35.9 Å². The minimum Gasteiger partial charge on any atom is -0.406 e. The van der Waals surface area contributed by atoms with Gasteiger partial charge in [-0.1, -0.05) is 0 Å². The van der Waals surface area contributed by atoms with E-state index < -0.39 is 22.1 Å². The van der Waals surface area contributed by atoms with Crippen molar-refractivity contribution in [3.8, 4) is 5.75 Å². The molecule has 27 heavy (non-hydrogen) atoms. The lowest BCUT2D eigenvalue weighted by molar-refractivity contribution is -0.274. The van der Waals surface area contributed by atoms with Crippen LogP contribution in [-0.4, -0.2) is 69.3 Å². The van der Waals surface area contributed by atoms with Crippen LogP contribution in [0.5, 0.6) is 5.75 Å². The van der Waals surface area contributed by atoms with E-state index in [-0.39, 0.29) is 43.4 Å². The number of carbonyl (C=O) groups excluding carboxylic acids is 1. The third-order valence-corrected chi connectivity index (χ3v) is 5.86. The highest BCUT2D eigenvalue weighted by molar-refractivity contribution is 7.89. The number of rotatable bonds is 7. The van der Waals surface area contributed by atoms with Crippen molar-refractivity contribution in [1.29, 1.82) is 0 Å². The van der Waals surface area contributed by atoms with Crippen LogP contribution in [0.25, 0.3) is 0 Å². The Bertz CT molecular complexity index is 729. The Morgan fingerprint density at radius 2 is 1.70 bits per heavy atom. The molecular formula is C16H21F3N2O5S. The Labute approximate surface area is 155 Å². The quantitative estimate of drug-likeness (QED) is 0.642. The Morgan fingerprint density at radius 3 is 2.22 bits per heavy atom. The molecule has 1 fully saturated rings. The Hall–Kier alpha value is -1.85. The van der Waals surface area contributed by atoms with Gasteiger partial charge in [-0.2, -0.15) is 4.31 Å². The molecule has 0 atom stereocenters. The van der Waals surface area contributed by atoms with Crippen LogP contribution >= 0.6 is 0 Å². The van der Waals surface area contributed by atoms with Crippen LogP contribution in [-0.2, 0) is 19.6 Å². The first-order chi connectivity index (χ1) is 12.6. The zero-order valence-electron chi connectivity index (χ0n) is 14.7. The molecule has 0 bridgehead atoms. The van der Waals surface area contributed by atoms with Crippen LogP contribution in [0, 0.1) is 0 Å². The van der Waals surface area contributed by atoms with Crippen LogP contribution in [0.1, 0.15) is 13.3 Å². The monoisotopic (exact) mass is 410 g/mol. The first-order valence-electron chi connectivity index (χ1n) is 8.35. The van der Waals surface area contributed by atoms with Crippen molar-refractivity contribution in [2.24, 2.45) is 0 Å². The number of hydrogen-bond donors (Lipinski definition) is 0. The van der Waals surface area contributed by atoms with Crippen LogP contribution in [0.2, 0.25) is 0 Å². The van der Waals surface area contributed by atoms with Crippen molar-refractivity contribution in [1.82, 2.24) is 9.21 Å². The molecule has 1 saturated heterocycles. The number of carbonyl (C=O) groups is 1. The first-order valence-corrected chi connectivity index (χ1v) is 9.79. The van der Waals surface area contributed by atoms with Gasteiger partial charge in [0.15, 0.2) is 0 Å². The van der Waals surface area contributed by atoms with Crippen molar-refractivity contribution in [2.45, 2.75) is 24.6 Å². The smallest absolute Gasteiger partial charge is 0.406 e. The molecule has 0 saturated carbocycles. The summed E-state index contributed by atoms with van der Waals surface area (Å²) in [5.74, 6) is -0.597. The molecule has 1 aromatic carbocycles. The molecule has 152 valence electrons. The van der Waals surface area contributed by atoms with Crippen LogP contribution in [0.4, 0.5) is 13.2 Å². The number of nitrogens with zero attached hydrogens (tertiary/aromatic N) is 2. The minimum atomic E-state index is -4.84. The highest BCUT2D eigenvalue weighted by Gasteiger charge is 2.32. The largest absolute Gasteiger partial charge is 0.573 e. The van der Waals surface area contributed by atoms with Crippen LogP contribution in [0.3, 0.4) is 0 Å². The predicted molar refractivity (Wildman–Crippen MR) is 89.6 cm³/mol. The average molecular weight is 410 g/mol. The number of piperazine rings is 1. The number of halogens is 3. The summed E-state index contributed by atoms with van der Waals surface area (Å²) < 4.78 is 71.8. The maximum Gasteiger partial charge on any atom is 0.573 e. The van der Waals surface area contributed by atoms with E-state index in [0.29, 0.717) is 13.2 Å². The Morgan fingerprint density at radius 1 is 1.11 bits per heavy atom. The summed E-state index contributed by atoms with van der Waals surface area (Å²) in [6.45, 7) is 3.40. The molecule has 1 aliphatic heterocycles. The molecule has 0 N–H and O–H groups in total. The summed E-state index contributed by atoms with van der Waals surface area (Å²) in [4.78, 5) is 13.5. The van der Waals surface area contributed by atoms with E-state index in [9.17, 15) is 26.4 Å². The number of ether oxygens (including phenoxy) is 2. The normalized spacial score (nSPS) is 16.4. The number of benzene rings is 1. The van der Waals surface area contributed by atoms with Crippen molar-refractivity contribution in [3.63, 3.8) is 0 Å². The van der Waals surface area contributed by atoms with Crippen LogP contribution < -0.4 is 4.74 Å². The zero-order chi connectivity index (χ0) is 20.1. The number of amides is 1. The van der Waals surface area contributed by atoms with E-state index >= 15 is 0 Å². The summed E-state index contributed by atoms with van der Waals surface area (Å²) in [6, 6.07) is 4.04. The average Bonchev–Trinajstić information content (AvgIpc) is 2.61. The van der Waals surface area contributed by atoms with Gasteiger partial charge < -0.3 is 14.4 Å². The summed E-state index contributed by atoms with van der Waals surface area (Å²) in [6.07, 6.45) is -4.60. The van der Waals surface area contributed by atoms with Gasteiger partial charge in [-0.05, 0) is 31.2 Å². The van der Waals surface area contributed by atoms with Gasteiger partial charge in [-0.3, -0.25) is 4.79 Å². The lowest BCUT2D eigenvalue weighted by Crippen LogP contribution is -2.50. The highest BCUT2D eigenvalue weighted by Crippen LogP contribution is 2.25. The molecular weight excluding hydrogens is 389 g/mol. The fourth-order valence-corrected chi connectivity index (χ4v) is 4.02. The summed E-state index contributed by atoms with van der Waals surface area (Å²) in [5.41, 5.74) is 0. The maximum absolute atomic E-state index is 12.6. The van der Waals surface area contributed by atoms with E-state index in [4.69, 9.17) is 4.74 Å². The highest BCUT2D eigenvalue weighted by atomic mass is 32.2. The first kappa shape index (κ1) is 21.5. The van der Waals surface area contributed by atoms with E-state index in [1.54, 1.807) is 4.90 Å². The molecule has 0 aromatic heterocycles. The molecule has 1 aromatic rings. The Balaban J connectivity index is 1.95. The number of alkyl halides is 3. The lowest BCUT2D eigenvalue weighted by atomic mass is 10.3. The van der Waals surface area contributed by atoms with Gasteiger partial charge in [0.2, 0.25) is 15.9 Å². The van der Waals surface area contributed by atoms with Gasteiger partial charge in [0, 0.05) is 32.8 Å². The topological polar surface area (TPSA) is 76.2 Å². The second-order valence-electron chi connectivity index (χ2n) is 5.75. The molecule has 11 heteroatoms. The molecule has 0 spiro atoms. The third kappa shape index (κ3) is 6.08. The summed E-state index contributed by atoms with van der Waals surface area (Å²) >= 11 is 0. The standard InChI is InChI=1S/C16H21F3N2O5S/c1-2-25-12-7-15(22)20-8-10-21(11-9-20)27(23,24)14-5-3-13(4-6-14)26-16(17,18)19/h3-6H,2,7-12H2,1H3. The van der Waals surface area contributed by atoms with Crippen LogP contribution in [0.15, 0.2) is 29.2 Å². The Kier molecular flexibility index (Phi) is 7.06. The molecule has 7 nitrogen and oxygen atoms in total. The minimum absolute atomic E-state index is 0.103. The maximum atomic E-state index is 12.6. The third-order valence-electron chi connectivity index (χ3n) is 3.95. The van der Waals surface area contributed by atoms with Crippen molar-refractivity contribution >= 4 is 15.9 Å². The molecule has 1 aliphatic rings. The summed E-state index contributed by atoms with van der Waals surface area (Å²) in [7, 11) is -3.86. The number of hydrogen-bond acceptors (Lipinski definition) is 5. The second kappa shape index (κ2) is 8.89. The molecule has 0 radical (unpaired) electrons. The van der Waals surface area contributed by atoms with Gasteiger partial charge in [0.1, 0.15) is 5.75 Å². The molecule has 0 aliphatic carbocycles. The fraction of sp³-hybridized carbons (Fsp3) is 0.562. The molecule has 0 unspecified atom stereocenters. The fourth-order valence-electron chi connectivity index (χ4n) is 2.60. The van der Waals surface area contributed by atoms with Crippen molar-refractivity contribution in [2.75, 3.05) is 39.4 Å². The number of sulfonamides is 1. The zero-order valence-corrected chi connectivity index (χ0v) is 15.6. The van der Waals surface area contributed by atoms with Gasteiger partial charge in [0.05, 0.1) is 17.9 Å². The SMILES string of the molecule is CCOCCC(=O)N1CCN(S(=O)(=O)c2ccc(OC(F)(F)F)cc2)CC1.